The van der Waals surface area contributed by atoms with Crippen molar-refractivity contribution in [1.29, 1.82) is 0 Å². The monoisotopic (exact) mass is 266 g/mol. The van der Waals surface area contributed by atoms with Gasteiger partial charge in [0, 0.05) is 32.2 Å². The SMILES string of the molecule is CCCNc1cc(NCC(C)OCC)nc(CC)n1. The summed E-state index contributed by atoms with van der Waals surface area (Å²) in [4.78, 5) is 8.93. The van der Waals surface area contributed by atoms with Gasteiger partial charge in [-0.15, -0.1) is 0 Å². The number of aryl methyl sites for hydroxylation is 1. The molecule has 5 nitrogen and oxygen atoms in total. The van der Waals surface area contributed by atoms with Gasteiger partial charge in [0.1, 0.15) is 17.5 Å². The van der Waals surface area contributed by atoms with E-state index in [1.807, 2.05) is 13.0 Å². The molecule has 1 aromatic rings. The summed E-state index contributed by atoms with van der Waals surface area (Å²) in [5.74, 6) is 2.60. The highest BCUT2D eigenvalue weighted by Crippen LogP contribution is 2.12. The van der Waals surface area contributed by atoms with Gasteiger partial charge in [0.25, 0.3) is 0 Å². The maximum absolute atomic E-state index is 5.49. The largest absolute Gasteiger partial charge is 0.377 e. The lowest BCUT2D eigenvalue weighted by Gasteiger charge is -2.14. The van der Waals surface area contributed by atoms with Gasteiger partial charge in [-0.25, -0.2) is 9.97 Å². The highest BCUT2D eigenvalue weighted by molar-refractivity contribution is 5.47. The molecule has 1 aromatic heterocycles. The molecule has 1 unspecified atom stereocenters. The van der Waals surface area contributed by atoms with Crippen LogP contribution in [0.15, 0.2) is 6.07 Å². The molecule has 0 saturated carbocycles. The second-order valence-electron chi connectivity index (χ2n) is 4.48. The van der Waals surface area contributed by atoms with E-state index in [0.717, 1.165) is 50.0 Å². The van der Waals surface area contributed by atoms with E-state index in [1.54, 1.807) is 0 Å². The van der Waals surface area contributed by atoms with E-state index in [2.05, 4.69) is 41.4 Å². The Kier molecular flexibility index (Phi) is 7.18. The molecule has 0 amide bonds. The van der Waals surface area contributed by atoms with Gasteiger partial charge < -0.3 is 15.4 Å². The maximum atomic E-state index is 5.49. The number of hydrogen-bond acceptors (Lipinski definition) is 5. The van der Waals surface area contributed by atoms with Gasteiger partial charge in [-0.05, 0) is 20.3 Å². The Hall–Kier alpha value is -1.36. The number of ether oxygens (including phenoxy) is 1. The van der Waals surface area contributed by atoms with Crippen LogP contribution in [0.4, 0.5) is 11.6 Å². The molecule has 2 N–H and O–H groups in total. The first kappa shape index (κ1) is 15.7. The summed E-state index contributed by atoms with van der Waals surface area (Å²) in [6, 6.07) is 1.95. The number of anilines is 2. The highest BCUT2D eigenvalue weighted by atomic mass is 16.5. The summed E-state index contributed by atoms with van der Waals surface area (Å²) in [5.41, 5.74) is 0. The van der Waals surface area contributed by atoms with Crippen molar-refractivity contribution in [2.24, 2.45) is 0 Å². The lowest BCUT2D eigenvalue weighted by atomic mass is 10.3. The predicted molar refractivity (Wildman–Crippen MR) is 79.8 cm³/mol. The summed E-state index contributed by atoms with van der Waals surface area (Å²) in [7, 11) is 0. The molecule has 0 radical (unpaired) electrons. The van der Waals surface area contributed by atoms with Crippen LogP contribution >= 0.6 is 0 Å². The second kappa shape index (κ2) is 8.69. The van der Waals surface area contributed by atoms with E-state index >= 15 is 0 Å². The van der Waals surface area contributed by atoms with Crippen molar-refractivity contribution in [1.82, 2.24) is 9.97 Å². The third kappa shape index (κ3) is 5.87. The van der Waals surface area contributed by atoms with Gasteiger partial charge in [0.05, 0.1) is 6.10 Å². The van der Waals surface area contributed by atoms with Crippen LogP contribution in [0, 0.1) is 0 Å². The number of nitrogens with zero attached hydrogens (tertiary/aromatic N) is 2. The first-order valence-corrected chi connectivity index (χ1v) is 7.16. The zero-order valence-corrected chi connectivity index (χ0v) is 12.5. The minimum absolute atomic E-state index is 0.178. The van der Waals surface area contributed by atoms with Crippen LogP contribution in [0.25, 0.3) is 0 Å². The van der Waals surface area contributed by atoms with Crippen molar-refractivity contribution in [2.45, 2.75) is 46.6 Å². The van der Waals surface area contributed by atoms with Crippen LogP contribution in [0.1, 0.15) is 39.9 Å². The highest BCUT2D eigenvalue weighted by Gasteiger charge is 2.05. The molecule has 0 aliphatic carbocycles. The van der Waals surface area contributed by atoms with Gasteiger partial charge in [0.2, 0.25) is 0 Å². The number of rotatable bonds is 9. The Balaban J connectivity index is 2.65. The van der Waals surface area contributed by atoms with Crippen LogP contribution in [-0.2, 0) is 11.2 Å². The van der Waals surface area contributed by atoms with Crippen molar-refractivity contribution in [2.75, 3.05) is 30.3 Å². The number of nitrogens with one attached hydrogen (secondary N) is 2. The molecule has 19 heavy (non-hydrogen) atoms. The second-order valence-corrected chi connectivity index (χ2v) is 4.48. The zero-order chi connectivity index (χ0) is 14.1. The Labute approximate surface area is 116 Å². The molecule has 1 atom stereocenters. The number of aromatic nitrogens is 2. The lowest BCUT2D eigenvalue weighted by Crippen LogP contribution is -2.20. The third-order valence-corrected chi connectivity index (χ3v) is 2.67. The fourth-order valence-electron chi connectivity index (χ4n) is 1.68. The van der Waals surface area contributed by atoms with E-state index in [1.165, 1.54) is 0 Å². The molecular formula is C14H26N4O. The smallest absolute Gasteiger partial charge is 0.132 e. The Morgan fingerprint density at radius 2 is 1.84 bits per heavy atom. The van der Waals surface area contributed by atoms with E-state index in [0.29, 0.717) is 0 Å². The number of hydrogen-bond donors (Lipinski definition) is 2. The lowest BCUT2D eigenvalue weighted by molar-refractivity contribution is 0.0855. The van der Waals surface area contributed by atoms with Crippen molar-refractivity contribution < 1.29 is 4.74 Å². The van der Waals surface area contributed by atoms with E-state index in [-0.39, 0.29) is 6.10 Å². The molecule has 5 heteroatoms. The van der Waals surface area contributed by atoms with Gasteiger partial charge in [-0.2, -0.15) is 0 Å². The third-order valence-electron chi connectivity index (χ3n) is 2.67. The topological polar surface area (TPSA) is 59.1 Å². The molecule has 0 bridgehead atoms. The summed E-state index contributed by atoms with van der Waals surface area (Å²) in [5, 5.41) is 6.60. The Morgan fingerprint density at radius 3 is 2.42 bits per heavy atom. The molecule has 0 saturated heterocycles. The van der Waals surface area contributed by atoms with E-state index in [9.17, 15) is 0 Å². The summed E-state index contributed by atoms with van der Waals surface area (Å²) < 4.78 is 5.49. The maximum Gasteiger partial charge on any atom is 0.132 e. The molecule has 108 valence electrons. The van der Waals surface area contributed by atoms with Crippen molar-refractivity contribution in [3.63, 3.8) is 0 Å². The van der Waals surface area contributed by atoms with Crippen LogP contribution in [0.3, 0.4) is 0 Å². The molecule has 0 fully saturated rings. The predicted octanol–water partition coefficient (Wildman–Crippen LogP) is 2.70. The quantitative estimate of drug-likeness (QED) is 0.719. The molecule has 0 spiro atoms. The first-order valence-electron chi connectivity index (χ1n) is 7.16. The van der Waals surface area contributed by atoms with Gasteiger partial charge in [0.15, 0.2) is 0 Å². The molecule has 1 rings (SSSR count). The average molecular weight is 266 g/mol. The van der Waals surface area contributed by atoms with Gasteiger partial charge in [-0.3, -0.25) is 0 Å². The molecular weight excluding hydrogens is 240 g/mol. The minimum atomic E-state index is 0.178. The minimum Gasteiger partial charge on any atom is -0.377 e. The normalized spacial score (nSPS) is 12.2. The fraction of sp³-hybridized carbons (Fsp3) is 0.714. The van der Waals surface area contributed by atoms with E-state index in [4.69, 9.17) is 4.74 Å². The van der Waals surface area contributed by atoms with E-state index < -0.39 is 0 Å². The van der Waals surface area contributed by atoms with Crippen molar-refractivity contribution in [3.05, 3.63) is 11.9 Å². The Bertz CT molecular complexity index is 370. The molecule has 0 aliphatic heterocycles. The van der Waals surface area contributed by atoms with Gasteiger partial charge >= 0.3 is 0 Å². The molecule has 0 aromatic carbocycles. The zero-order valence-electron chi connectivity index (χ0n) is 12.5. The van der Waals surface area contributed by atoms with Gasteiger partial charge in [-0.1, -0.05) is 13.8 Å². The first-order chi connectivity index (χ1) is 9.19. The van der Waals surface area contributed by atoms with Crippen LogP contribution in [0.5, 0.6) is 0 Å². The molecule has 1 heterocycles. The van der Waals surface area contributed by atoms with Crippen LogP contribution in [0.2, 0.25) is 0 Å². The summed E-state index contributed by atoms with van der Waals surface area (Å²) in [6.45, 7) is 10.7. The van der Waals surface area contributed by atoms with Crippen LogP contribution in [-0.4, -0.2) is 35.8 Å². The van der Waals surface area contributed by atoms with Crippen molar-refractivity contribution in [3.8, 4) is 0 Å². The standard InChI is InChI=1S/C14H26N4O/c1-5-8-15-13-9-14(18-12(6-2)17-13)16-10-11(4)19-7-3/h9,11H,5-8,10H2,1-4H3,(H2,15,16,17,18). The average Bonchev–Trinajstić information content (AvgIpc) is 2.43. The summed E-state index contributed by atoms with van der Waals surface area (Å²) >= 11 is 0. The summed E-state index contributed by atoms with van der Waals surface area (Å²) in [6.07, 6.45) is 2.09. The Morgan fingerprint density at radius 1 is 1.16 bits per heavy atom. The fourth-order valence-corrected chi connectivity index (χ4v) is 1.68. The van der Waals surface area contributed by atoms with Crippen LogP contribution < -0.4 is 10.6 Å². The molecule has 0 aliphatic rings. The van der Waals surface area contributed by atoms with Crippen molar-refractivity contribution >= 4 is 11.6 Å².